The van der Waals surface area contributed by atoms with Crippen LogP contribution in [0.25, 0.3) is 10.8 Å². The lowest BCUT2D eigenvalue weighted by atomic mass is 10.1. The Balaban J connectivity index is 1.99. The van der Waals surface area contributed by atoms with Gasteiger partial charge in [0.2, 0.25) is 0 Å². The van der Waals surface area contributed by atoms with E-state index in [0.717, 1.165) is 32.0 Å². The van der Waals surface area contributed by atoms with Gasteiger partial charge in [0.25, 0.3) is 0 Å². The van der Waals surface area contributed by atoms with Crippen LogP contribution < -0.4 is 15.5 Å². The van der Waals surface area contributed by atoms with Gasteiger partial charge < -0.3 is 15.5 Å². The smallest absolute Gasteiger partial charge is 0.136 e. The highest BCUT2D eigenvalue weighted by Gasteiger charge is 2.14. The number of fused-ring (bicyclic) bond motifs is 1. The van der Waals surface area contributed by atoms with E-state index in [1.54, 1.807) is 0 Å². The van der Waals surface area contributed by atoms with Crippen LogP contribution in [0.5, 0.6) is 0 Å². The Morgan fingerprint density at radius 3 is 2.95 bits per heavy atom. The van der Waals surface area contributed by atoms with E-state index in [9.17, 15) is 0 Å². The van der Waals surface area contributed by atoms with Crippen LogP contribution in [0.4, 0.5) is 11.5 Å². The highest BCUT2D eigenvalue weighted by Crippen LogP contribution is 2.27. The zero-order valence-corrected chi connectivity index (χ0v) is 12.9. The first-order valence-corrected chi connectivity index (χ1v) is 7.85. The average Bonchev–Trinajstić information content (AvgIpc) is 2.75. The van der Waals surface area contributed by atoms with Gasteiger partial charge in [-0.1, -0.05) is 6.07 Å². The van der Waals surface area contributed by atoms with E-state index in [-0.39, 0.29) is 0 Å². The zero-order valence-electron chi connectivity index (χ0n) is 12.9. The summed E-state index contributed by atoms with van der Waals surface area (Å²) in [7, 11) is 0. The average molecular weight is 284 g/mol. The van der Waals surface area contributed by atoms with E-state index in [2.05, 4.69) is 58.6 Å². The first-order valence-electron chi connectivity index (χ1n) is 7.85. The van der Waals surface area contributed by atoms with Crippen LogP contribution in [-0.4, -0.2) is 37.2 Å². The molecule has 4 nitrogen and oxygen atoms in total. The quantitative estimate of drug-likeness (QED) is 0.909. The van der Waals surface area contributed by atoms with E-state index in [4.69, 9.17) is 0 Å². The molecule has 0 unspecified atom stereocenters. The maximum Gasteiger partial charge on any atom is 0.136 e. The number of hydrogen-bond donors (Lipinski definition) is 2. The fourth-order valence-electron chi connectivity index (χ4n) is 2.89. The maximum absolute atomic E-state index is 4.66. The van der Waals surface area contributed by atoms with E-state index < -0.39 is 0 Å². The summed E-state index contributed by atoms with van der Waals surface area (Å²) in [4.78, 5) is 7.07. The summed E-state index contributed by atoms with van der Waals surface area (Å²) in [5, 5.41) is 9.43. The van der Waals surface area contributed by atoms with Crippen molar-refractivity contribution in [2.45, 2.75) is 26.3 Å². The van der Waals surface area contributed by atoms with E-state index >= 15 is 0 Å². The summed E-state index contributed by atoms with van der Waals surface area (Å²) in [5.41, 5.74) is 1.17. The van der Waals surface area contributed by atoms with Gasteiger partial charge in [0.15, 0.2) is 0 Å². The van der Waals surface area contributed by atoms with Gasteiger partial charge in [-0.05, 0) is 50.4 Å². The molecule has 1 aliphatic rings. The lowest BCUT2D eigenvalue weighted by Gasteiger charge is -2.23. The zero-order chi connectivity index (χ0) is 14.7. The second kappa shape index (κ2) is 6.31. The molecular formula is C17H24N4. The van der Waals surface area contributed by atoms with E-state index in [1.807, 2.05) is 6.20 Å². The highest BCUT2D eigenvalue weighted by molar-refractivity contribution is 5.94. The molecule has 4 heteroatoms. The van der Waals surface area contributed by atoms with Gasteiger partial charge in [0.1, 0.15) is 5.82 Å². The molecule has 0 bridgehead atoms. The Bertz CT molecular complexity index is 601. The third-order valence-corrected chi connectivity index (χ3v) is 3.84. The van der Waals surface area contributed by atoms with Crippen LogP contribution in [0.1, 0.15) is 20.3 Å². The molecule has 0 amide bonds. The fraction of sp³-hybridized carbons (Fsp3) is 0.471. The van der Waals surface area contributed by atoms with Crippen molar-refractivity contribution in [3.63, 3.8) is 0 Å². The van der Waals surface area contributed by atoms with Crippen LogP contribution >= 0.6 is 0 Å². The van der Waals surface area contributed by atoms with Gasteiger partial charge in [-0.15, -0.1) is 0 Å². The number of nitrogens with one attached hydrogen (secondary N) is 2. The van der Waals surface area contributed by atoms with Crippen molar-refractivity contribution < 1.29 is 0 Å². The summed E-state index contributed by atoms with van der Waals surface area (Å²) < 4.78 is 0. The fourth-order valence-corrected chi connectivity index (χ4v) is 2.89. The molecule has 2 heterocycles. The van der Waals surface area contributed by atoms with Crippen LogP contribution in [0.15, 0.2) is 30.5 Å². The minimum atomic E-state index is 0.435. The number of benzene rings is 1. The molecule has 21 heavy (non-hydrogen) atoms. The number of aromatic nitrogens is 1. The summed E-state index contributed by atoms with van der Waals surface area (Å²) >= 11 is 0. The molecule has 1 aromatic heterocycles. The maximum atomic E-state index is 4.66. The normalized spacial score (nSPS) is 16.2. The molecular weight excluding hydrogens is 260 g/mol. The third kappa shape index (κ3) is 3.27. The molecule has 3 rings (SSSR count). The van der Waals surface area contributed by atoms with Gasteiger partial charge in [0, 0.05) is 42.9 Å². The molecule has 1 saturated heterocycles. The lowest BCUT2D eigenvalue weighted by molar-refractivity contribution is 0.724. The highest BCUT2D eigenvalue weighted by atomic mass is 15.2. The number of hydrogen-bond acceptors (Lipinski definition) is 4. The first-order chi connectivity index (χ1) is 10.2. The standard InChI is InChI=1S/C17H24N4/c1-13(2)20-15-5-4-14-6-8-19-17(16(14)12-15)21-10-3-7-18-9-11-21/h4-6,8,12-13,18,20H,3,7,9-11H2,1-2H3. The lowest BCUT2D eigenvalue weighted by Crippen LogP contribution is -2.28. The second-order valence-corrected chi connectivity index (χ2v) is 5.96. The Morgan fingerprint density at radius 2 is 2.10 bits per heavy atom. The van der Waals surface area contributed by atoms with Crippen LogP contribution in [0.2, 0.25) is 0 Å². The Labute approximate surface area is 126 Å². The molecule has 0 aliphatic carbocycles. The van der Waals surface area contributed by atoms with Crippen molar-refractivity contribution in [2.24, 2.45) is 0 Å². The SMILES string of the molecule is CC(C)Nc1ccc2ccnc(N3CCCNCC3)c2c1. The minimum absolute atomic E-state index is 0.435. The van der Waals surface area contributed by atoms with E-state index in [0.29, 0.717) is 6.04 Å². The monoisotopic (exact) mass is 284 g/mol. The topological polar surface area (TPSA) is 40.2 Å². The summed E-state index contributed by atoms with van der Waals surface area (Å²) in [6, 6.07) is 9.09. The summed E-state index contributed by atoms with van der Waals surface area (Å²) in [6.07, 6.45) is 3.09. The van der Waals surface area contributed by atoms with Gasteiger partial charge in [0.05, 0.1) is 0 Å². The van der Waals surface area contributed by atoms with Crippen LogP contribution in [0, 0.1) is 0 Å². The molecule has 0 atom stereocenters. The predicted molar refractivity (Wildman–Crippen MR) is 90.2 cm³/mol. The largest absolute Gasteiger partial charge is 0.383 e. The van der Waals surface area contributed by atoms with Crippen LogP contribution in [0.3, 0.4) is 0 Å². The van der Waals surface area contributed by atoms with Gasteiger partial charge in [-0.25, -0.2) is 4.98 Å². The summed E-state index contributed by atoms with van der Waals surface area (Å²) in [5.74, 6) is 1.11. The van der Waals surface area contributed by atoms with E-state index in [1.165, 1.54) is 22.9 Å². The molecule has 1 aliphatic heterocycles. The van der Waals surface area contributed by atoms with Gasteiger partial charge in [-0.2, -0.15) is 0 Å². The number of pyridine rings is 1. The molecule has 0 radical (unpaired) electrons. The van der Waals surface area contributed by atoms with Crippen molar-refractivity contribution >= 4 is 22.3 Å². The van der Waals surface area contributed by atoms with Crippen molar-refractivity contribution in [1.82, 2.24) is 10.3 Å². The second-order valence-electron chi connectivity index (χ2n) is 5.96. The minimum Gasteiger partial charge on any atom is -0.383 e. The molecule has 2 aromatic rings. The molecule has 1 fully saturated rings. The molecule has 1 aromatic carbocycles. The number of nitrogens with zero attached hydrogens (tertiary/aromatic N) is 2. The van der Waals surface area contributed by atoms with Gasteiger partial charge >= 0.3 is 0 Å². The molecule has 0 spiro atoms. The summed E-state index contributed by atoms with van der Waals surface area (Å²) in [6.45, 7) is 8.54. The third-order valence-electron chi connectivity index (χ3n) is 3.84. The van der Waals surface area contributed by atoms with Crippen LogP contribution in [-0.2, 0) is 0 Å². The number of rotatable bonds is 3. The molecule has 112 valence electrons. The predicted octanol–water partition coefficient (Wildman–Crippen LogP) is 2.85. The molecule has 2 N–H and O–H groups in total. The Hall–Kier alpha value is -1.81. The Morgan fingerprint density at radius 1 is 1.19 bits per heavy atom. The van der Waals surface area contributed by atoms with Crippen molar-refractivity contribution in [1.29, 1.82) is 0 Å². The van der Waals surface area contributed by atoms with Crippen molar-refractivity contribution in [2.75, 3.05) is 36.4 Å². The van der Waals surface area contributed by atoms with Crippen molar-refractivity contribution in [3.05, 3.63) is 30.5 Å². The van der Waals surface area contributed by atoms with Gasteiger partial charge in [-0.3, -0.25) is 0 Å². The van der Waals surface area contributed by atoms with Crippen molar-refractivity contribution in [3.8, 4) is 0 Å². The first kappa shape index (κ1) is 14.1. The Kier molecular flexibility index (Phi) is 4.25. The molecule has 0 saturated carbocycles. The number of anilines is 2.